The van der Waals surface area contributed by atoms with Crippen molar-refractivity contribution in [1.82, 2.24) is 15.8 Å². The van der Waals surface area contributed by atoms with E-state index in [1.807, 2.05) is 20.9 Å². The molecule has 0 atom stereocenters. The first-order valence-electron chi connectivity index (χ1n) is 5.56. The van der Waals surface area contributed by atoms with E-state index in [0.29, 0.717) is 12.3 Å². The van der Waals surface area contributed by atoms with Crippen LogP contribution in [0.4, 0.5) is 0 Å². The molecule has 0 saturated heterocycles. The van der Waals surface area contributed by atoms with Crippen molar-refractivity contribution in [1.29, 1.82) is 0 Å². The number of thioether (sulfide) groups is 1. The van der Waals surface area contributed by atoms with Crippen LogP contribution in [0.25, 0.3) is 0 Å². The quantitative estimate of drug-likeness (QED) is 0.709. The van der Waals surface area contributed by atoms with Crippen LogP contribution in [0.5, 0.6) is 0 Å². The van der Waals surface area contributed by atoms with Crippen molar-refractivity contribution in [3.05, 3.63) is 17.0 Å². The maximum atomic E-state index is 11.4. The molecule has 96 valence electrons. The number of rotatable bonds is 7. The first-order chi connectivity index (χ1) is 8.15. The Hall–Kier alpha value is -1.01. The van der Waals surface area contributed by atoms with Gasteiger partial charge in [0, 0.05) is 24.4 Å². The maximum absolute atomic E-state index is 11.4. The summed E-state index contributed by atoms with van der Waals surface area (Å²) >= 11 is 1.57. The summed E-state index contributed by atoms with van der Waals surface area (Å²) in [7, 11) is 1.86. The van der Waals surface area contributed by atoms with Crippen molar-refractivity contribution in [2.24, 2.45) is 0 Å². The molecular formula is C11H19N3O2S. The molecule has 0 spiro atoms. The van der Waals surface area contributed by atoms with Crippen molar-refractivity contribution in [3.8, 4) is 0 Å². The highest BCUT2D eigenvalue weighted by Gasteiger charge is 2.09. The van der Waals surface area contributed by atoms with Gasteiger partial charge in [-0.05, 0) is 20.9 Å². The topological polar surface area (TPSA) is 67.2 Å². The molecule has 2 N–H and O–H groups in total. The number of hydrogen-bond donors (Lipinski definition) is 2. The molecule has 0 unspecified atom stereocenters. The van der Waals surface area contributed by atoms with Gasteiger partial charge in [-0.3, -0.25) is 4.79 Å². The van der Waals surface area contributed by atoms with E-state index in [-0.39, 0.29) is 5.91 Å². The van der Waals surface area contributed by atoms with E-state index in [0.717, 1.165) is 29.3 Å². The highest BCUT2D eigenvalue weighted by Crippen LogP contribution is 2.18. The van der Waals surface area contributed by atoms with Gasteiger partial charge in [-0.2, -0.15) is 0 Å². The molecule has 0 aromatic carbocycles. The Labute approximate surface area is 106 Å². The summed E-state index contributed by atoms with van der Waals surface area (Å²) in [5.74, 6) is 2.14. The molecule has 0 radical (unpaired) electrons. The van der Waals surface area contributed by atoms with Gasteiger partial charge in [-0.25, -0.2) is 0 Å². The fourth-order valence-corrected chi connectivity index (χ4v) is 2.34. The molecule has 0 saturated carbocycles. The summed E-state index contributed by atoms with van der Waals surface area (Å²) in [5, 5.41) is 9.68. The summed E-state index contributed by atoms with van der Waals surface area (Å²) in [4.78, 5) is 11.4. The number of amides is 1. The lowest BCUT2D eigenvalue weighted by Gasteiger charge is -2.04. The Kier molecular flexibility index (Phi) is 6.07. The molecule has 0 aliphatic heterocycles. The molecule has 0 aliphatic carbocycles. The Morgan fingerprint density at radius 3 is 2.76 bits per heavy atom. The van der Waals surface area contributed by atoms with Crippen LogP contribution in [-0.2, 0) is 10.5 Å². The first-order valence-corrected chi connectivity index (χ1v) is 6.71. The Bertz CT molecular complexity index is 346. The second kappa shape index (κ2) is 7.34. The third-order valence-corrected chi connectivity index (χ3v) is 3.32. The molecule has 1 amide bonds. The van der Waals surface area contributed by atoms with Gasteiger partial charge in [-0.15, -0.1) is 11.8 Å². The number of likely N-dealkylation sites (N-methyl/N-ethyl adjacent to an activating group) is 1. The van der Waals surface area contributed by atoms with Crippen molar-refractivity contribution in [2.75, 3.05) is 25.9 Å². The van der Waals surface area contributed by atoms with Crippen molar-refractivity contribution >= 4 is 17.7 Å². The number of aryl methyl sites for hydroxylation is 2. The SMILES string of the molecule is CNCCNC(=O)CSCc1c(C)noc1C. The van der Waals surface area contributed by atoms with Gasteiger partial charge in [0.1, 0.15) is 5.76 Å². The Morgan fingerprint density at radius 2 is 2.18 bits per heavy atom. The molecule has 6 heteroatoms. The molecule has 1 heterocycles. The monoisotopic (exact) mass is 257 g/mol. The molecule has 1 aromatic heterocycles. The van der Waals surface area contributed by atoms with E-state index in [9.17, 15) is 4.79 Å². The zero-order chi connectivity index (χ0) is 12.7. The fourth-order valence-electron chi connectivity index (χ4n) is 1.33. The second-order valence-corrected chi connectivity index (χ2v) is 4.73. The number of carbonyl (C=O) groups excluding carboxylic acids is 1. The minimum absolute atomic E-state index is 0.0667. The van der Waals surface area contributed by atoms with Gasteiger partial charge >= 0.3 is 0 Å². The van der Waals surface area contributed by atoms with E-state index >= 15 is 0 Å². The lowest BCUT2D eigenvalue weighted by molar-refractivity contribution is -0.118. The van der Waals surface area contributed by atoms with E-state index in [1.165, 1.54) is 0 Å². The molecule has 17 heavy (non-hydrogen) atoms. The average molecular weight is 257 g/mol. The van der Waals surface area contributed by atoms with Gasteiger partial charge in [0.05, 0.1) is 11.4 Å². The molecule has 0 bridgehead atoms. The number of hydrogen-bond acceptors (Lipinski definition) is 5. The van der Waals surface area contributed by atoms with Crippen LogP contribution in [0, 0.1) is 13.8 Å². The number of carbonyl (C=O) groups is 1. The first kappa shape index (κ1) is 14.1. The van der Waals surface area contributed by atoms with Crippen LogP contribution < -0.4 is 10.6 Å². The van der Waals surface area contributed by atoms with Crippen LogP contribution in [0.15, 0.2) is 4.52 Å². The molecule has 1 aromatic rings. The lowest BCUT2D eigenvalue weighted by atomic mass is 10.2. The highest BCUT2D eigenvalue weighted by atomic mass is 32.2. The molecule has 0 aliphatic rings. The predicted octanol–water partition coefficient (Wildman–Crippen LogP) is 0.860. The third-order valence-electron chi connectivity index (χ3n) is 2.36. The summed E-state index contributed by atoms with van der Waals surface area (Å²) in [6, 6.07) is 0. The van der Waals surface area contributed by atoms with Gasteiger partial charge in [0.15, 0.2) is 0 Å². The number of nitrogens with zero attached hydrogens (tertiary/aromatic N) is 1. The van der Waals surface area contributed by atoms with Crippen molar-refractivity contribution < 1.29 is 9.32 Å². The van der Waals surface area contributed by atoms with Gasteiger partial charge in [0.25, 0.3) is 0 Å². The maximum Gasteiger partial charge on any atom is 0.230 e. The van der Waals surface area contributed by atoms with Crippen molar-refractivity contribution in [2.45, 2.75) is 19.6 Å². The third kappa shape index (κ3) is 4.79. The number of aromatic nitrogens is 1. The molecular weight excluding hydrogens is 238 g/mol. The van der Waals surface area contributed by atoms with Crippen molar-refractivity contribution in [3.63, 3.8) is 0 Å². The second-order valence-electron chi connectivity index (χ2n) is 3.75. The highest BCUT2D eigenvalue weighted by molar-refractivity contribution is 7.99. The fraction of sp³-hybridized carbons (Fsp3) is 0.636. The van der Waals surface area contributed by atoms with Gasteiger partial charge in [-0.1, -0.05) is 5.16 Å². The minimum atomic E-state index is 0.0667. The van der Waals surface area contributed by atoms with Crippen LogP contribution >= 0.6 is 11.8 Å². The minimum Gasteiger partial charge on any atom is -0.361 e. The molecule has 1 rings (SSSR count). The summed E-state index contributed by atoms with van der Waals surface area (Å²) in [6.45, 7) is 5.27. The average Bonchev–Trinajstić information content (AvgIpc) is 2.61. The molecule has 5 nitrogen and oxygen atoms in total. The Balaban J connectivity index is 2.21. The molecule has 0 fully saturated rings. The normalized spacial score (nSPS) is 10.5. The summed E-state index contributed by atoms with van der Waals surface area (Å²) in [5.41, 5.74) is 2.00. The smallest absolute Gasteiger partial charge is 0.230 e. The summed E-state index contributed by atoms with van der Waals surface area (Å²) < 4.78 is 5.06. The van der Waals surface area contributed by atoms with Crippen LogP contribution in [0.2, 0.25) is 0 Å². The van der Waals surface area contributed by atoms with E-state index in [4.69, 9.17) is 4.52 Å². The van der Waals surface area contributed by atoms with E-state index in [2.05, 4.69) is 15.8 Å². The zero-order valence-electron chi connectivity index (χ0n) is 10.5. The zero-order valence-corrected chi connectivity index (χ0v) is 11.3. The van der Waals surface area contributed by atoms with E-state index in [1.54, 1.807) is 11.8 Å². The predicted molar refractivity (Wildman–Crippen MR) is 69.1 cm³/mol. The van der Waals surface area contributed by atoms with Gasteiger partial charge < -0.3 is 15.2 Å². The number of nitrogens with one attached hydrogen (secondary N) is 2. The van der Waals surface area contributed by atoms with Gasteiger partial charge in [0.2, 0.25) is 5.91 Å². The lowest BCUT2D eigenvalue weighted by Crippen LogP contribution is -2.31. The summed E-state index contributed by atoms with van der Waals surface area (Å²) in [6.07, 6.45) is 0. The van der Waals surface area contributed by atoms with Crippen LogP contribution in [0.3, 0.4) is 0 Å². The standard InChI is InChI=1S/C11H19N3O2S/c1-8-10(9(2)16-14-8)6-17-7-11(15)13-5-4-12-3/h12H,4-7H2,1-3H3,(H,13,15). The van der Waals surface area contributed by atoms with Crippen LogP contribution in [0.1, 0.15) is 17.0 Å². The largest absolute Gasteiger partial charge is 0.361 e. The Morgan fingerprint density at radius 1 is 1.41 bits per heavy atom. The van der Waals surface area contributed by atoms with Crippen LogP contribution in [-0.4, -0.2) is 37.0 Å². The van der Waals surface area contributed by atoms with E-state index < -0.39 is 0 Å².